The third-order valence-corrected chi connectivity index (χ3v) is 5.56. The molecule has 5 atom stereocenters. The van der Waals surface area contributed by atoms with Gasteiger partial charge in [0.2, 0.25) is 0 Å². The number of amides is 2. The van der Waals surface area contributed by atoms with Gasteiger partial charge in [-0.2, -0.15) is 0 Å². The van der Waals surface area contributed by atoms with Crippen LogP contribution in [0.3, 0.4) is 0 Å². The molecule has 0 aromatic heterocycles. The number of methoxy groups -OCH3 is 1. The van der Waals surface area contributed by atoms with E-state index in [-0.39, 0.29) is 19.6 Å². The fourth-order valence-corrected chi connectivity index (χ4v) is 4.13. The number of fused-ring (bicyclic) bond motifs is 1. The van der Waals surface area contributed by atoms with Crippen LogP contribution < -0.4 is 10.6 Å². The molecular formula is C25H36N2O9. The van der Waals surface area contributed by atoms with Gasteiger partial charge in [0.1, 0.15) is 36.6 Å². The SMILES string of the molecule is COC(=O)C[C@@H](NC(=O)OCc1ccccc1)[C@H]1O[C@H](CNC(=O)OC(C)(C)C)[C@H]2OC(C)(C)O[C@@H]12. The van der Waals surface area contributed by atoms with Crippen LogP contribution in [0.5, 0.6) is 0 Å². The van der Waals surface area contributed by atoms with Crippen molar-refractivity contribution in [2.75, 3.05) is 13.7 Å². The Morgan fingerprint density at radius 3 is 2.36 bits per heavy atom. The monoisotopic (exact) mass is 508 g/mol. The smallest absolute Gasteiger partial charge is 0.407 e. The molecule has 11 heteroatoms. The second-order valence-electron chi connectivity index (χ2n) is 10.2. The number of nitrogens with one attached hydrogen (secondary N) is 2. The third-order valence-electron chi connectivity index (χ3n) is 5.56. The lowest BCUT2D eigenvalue weighted by Gasteiger charge is -2.29. The number of alkyl carbamates (subject to hydrolysis) is 2. The molecule has 0 saturated carbocycles. The van der Waals surface area contributed by atoms with E-state index in [1.54, 1.807) is 34.6 Å². The van der Waals surface area contributed by atoms with Crippen molar-refractivity contribution in [1.29, 1.82) is 0 Å². The van der Waals surface area contributed by atoms with Gasteiger partial charge in [-0.3, -0.25) is 4.79 Å². The van der Waals surface area contributed by atoms with Gasteiger partial charge in [0.15, 0.2) is 5.79 Å². The molecule has 0 spiro atoms. The van der Waals surface area contributed by atoms with Gasteiger partial charge in [-0.05, 0) is 40.2 Å². The molecule has 2 N–H and O–H groups in total. The van der Waals surface area contributed by atoms with E-state index >= 15 is 0 Å². The highest BCUT2D eigenvalue weighted by atomic mass is 16.8. The van der Waals surface area contributed by atoms with Gasteiger partial charge in [-0.1, -0.05) is 30.3 Å². The van der Waals surface area contributed by atoms with Crippen molar-refractivity contribution in [3.05, 3.63) is 35.9 Å². The van der Waals surface area contributed by atoms with Crippen LogP contribution in [0.4, 0.5) is 9.59 Å². The van der Waals surface area contributed by atoms with E-state index in [4.69, 9.17) is 28.4 Å². The van der Waals surface area contributed by atoms with Gasteiger partial charge in [0.05, 0.1) is 19.6 Å². The van der Waals surface area contributed by atoms with Gasteiger partial charge < -0.3 is 39.1 Å². The second-order valence-corrected chi connectivity index (χ2v) is 10.2. The topological polar surface area (TPSA) is 131 Å². The van der Waals surface area contributed by atoms with Crippen molar-refractivity contribution in [1.82, 2.24) is 10.6 Å². The molecular weight excluding hydrogens is 472 g/mol. The maximum absolute atomic E-state index is 12.6. The number of ether oxygens (including phenoxy) is 6. The Balaban J connectivity index is 1.70. The first-order valence-electron chi connectivity index (χ1n) is 11.9. The van der Waals surface area contributed by atoms with Crippen LogP contribution in [0.2, 0.25) is 0 Å². The van der Waals surface area contributed by atoms with Crippen LogP contribution in [0.25, 0.3) is 0 Å². The highest BCUT2D eigenvalue weighted by Gasteiger charge is 2.57. The Morgan fingerprint density at radius 1 is 1.06 bits per heavy atom. The molecule has 2 amide bonds. The van der Waals surface area contributed by atoms with E-state index in [0.29, 0.717) is 0 Å². The average molecular weight is 509 g/mol. The Bertz CT molecular complexity index is 916. The number of carbonyl (C=O) groups excluding carboxylic acids is 3. The van der Waals surface area contributed by atoms with Crippen LogP contribution in [0, 0.1) is 0 Å². The minimum absolute atomic E-state index is 0.0598. The molecule has 0 bridgehead atoms. The summed E-state index contributed by atoms with van der Waals surface area (Å²) in [7, 11) is 1.26. The molecule has 1 aromatic carbocycles. The van der Waals surface area contributed by atoms with Crippen LogP contribution in [0.1, 0.15) is 46.6 Å². The molecule has 36 heavy (non-hydrogen) atoms. The molecule has 0 unspecified atom stereocenters. The minimum Gasteiger partial charge on any atom is -0.469 e. The number of hydrogen-bond donors (Lipinski definition) is 2. The van der Waals surface area contributed by atoms with Crippen molar-refractivity contribution in [3.8, 4) is 0 Å². The standard InChI is InChI=1S/C25H36N2O9/c1-24(2,3)36-22(29)26-13-17-20-21(35-25(4,5)34-20)19(33-17)16(12-18(28)31-6)27-23(30)32-14-15-10-8-7-9-11-15/h7-11,16-17,19-21H,12-14H2,1-6H3,(H,26,29)(H,27,30)/t16-,17-,19-,20-,21+/m1/s1. The summed E-state index contributed by atoms with van der Waals surface area (Å²) in [5.74, 6) is -1.47. The Hall–Kier alpha value is -2.89. The molecule has 3 rings (SSSR count). The van der Waals surface area contributed by atoms with Crippen molar-refractivity contribution >= 4 is 18.2 Å². The lowest BCUT2D eigenvalue weighted by atomic mass is 10.00. The van der Waals surface area contributed by atoms with E-state index in [9.17, 15) is 14.4 Å². The summed E-state index contributed by atoms with van der Waals surface area (Å²) in [6.45, 7) is 8.96. The predicted octanol–water partition coefficient (Wildman–Crippen LogP) is 2.66. The summed E-state index contributed by atoms with van der Waals surface area (Å²) in [6.07, 6.45) is -4.06. The van der Waals surface area contributed by atoms with Crippen molar-refractivity contribution in [2.24, 2.45) is 0 Å². The first-order valence-corrected chi connectivity index (χ1v) is 11.9. The van der Waals surface area contributed by atoms with Gasteiger partial charge in [0, 0.05) is 6.54 Å². The van der Waals surface area contributed by atoms with E-state index in [2.05, 4.69) is 10.6 Å². The molecule has 1 aromatic rings. The fraction of sp³-hybridized carbons (Fsp3) is 0.640. The van der Waals surface area contributed by atoms with E-state index in [0.717, 1.165) is 5.56 Å². The van der Waals surface area contributed by atoms with Crippen LogP contribution >= 0.6 is 0 Å². The zero-order valence-corrected chi connectivity index (χ0v) is 21.6. The predicted molar refractivity (Wildman–Crippen MR) is 127 cm³/mol. The maximum atomic E-state index is 12.6. The Morgan fingerprint density at radius 2 is 1.72 bits per heavy atom. The zero-order valence-electron chi connectivity index (χ0n) is 21.6. The first kappa shape index (κ1) is 27.7. The van der Waals surface area contributed by atoms with E-state index in [1.165, 1.54) is 7.11 Å². The van der Waals surface area contributed by atoms with E-state index in [1.807, 2.05) is 30.3 Å². The fourth-order valence-electron chi connectivity index (χ4n) is 4.13. The lowest BCUT2D eigenvalue weighted by molar-refractivity contribution is -0.189. The molecule has 2 fully saturated rings. The third kappa shape index (κ3) is 7.81. The Kier molecular flexibility index (Phi) is 8.80. The van der Waals surface area contributed by atoms with Gasteiger partial charge >= 0.3 is 18.2 Å². The van der Waals surface area contributed by atoms with Gasteiger partial charge in [0.25, 0.3) is 0 Å². The quantitative estimate of drug-likeness (QED) is 0.402. The first-order chi connectivity index (χ1) is 16.9. The highest BCUT2D eigenvalue weighted by Crippen LogP contribution is 2.40. The molecule has 0 radical (unpaired) electrons. The van der Waals surface area contributed by atoms with Crippen molar-refractivity contribution < 1.29 is 42.8 Å². The van der Waals surface area contributed by atoms with Crippen LogP contribution in [0.15, 0.2) is 30.3 Å². The largest absolute Gasteiger partial charge is 0.469 e. The number of carbonyl (C=O) groups is 3. The summed E-state index contributed by atoms with van der Waals surface area (Å²) in [5, 5.41) is 5.40. The molecule has 2 saturated heterocycles. The summed E-state index contributed by atoms with van der Waals surface area (Å²) < 4.78 is 33.7. The molecule has 0 aliphatic carbocycles. The number of hydrogen-bond acceptors (Lipinski definition) is 9. The molecule has 2 aliphatic rings. The van der Waals surface area contributed by atoms with Gasteiger partial charge in [-0.25, -0.2) is 9.59 Å². The molecule has 2 heterocycles. The second kappa shape index (κ2) is 11.4. The molecule has 11 nitrogen and oxygen atoms in total. The summed E-state index contributed by atoms with van der Waals surface area (Å²) in [6, 6.07) is 8.37. The zero-order chi connectivity index (χ0) is 26.5. The van der Waals surface area contributed by atoms with Crippen molar-refractivity contribution in [2.45, 2.75) is 89.5 Å². The summed E-state index contributed by atoms with van der Waals surface area (Å²) in [4.78, 5) is 37.0. The Labute approximate surface area is 211 Å². The number of benzene rings is 1. The summed E-state index contributed by atoms with van der Waals surface area (Å²) >= 11 is 0. The highest BCUT2D eigenvalue weighted by molar-refractivity contribution is 5.73. The average Bonchev–Trinajstić information content (AvgIpc) is 3.28. The summed E-state index contributed by atoms with van der Waals surface area (Å²) in [5.41, 5.74) is 0.160. The maximum Gasteiger partial charge on any atom is 0.407 e. The minimum atomic E-state index is -0.925. The lowest BCUT2D eigenvalue weighted by Crippen LogP contribution is -2.50. The number of rotatable bonds is 8. The van der Waals surface area contributed by atoms with Crippen LogP contribution in [-0.2, 0) is 39.8 Å². The van der Waals surface area contributed by atoms with Crippen LogP contribution in [-0.4, -0.2) is 73.7 Å². The number of esters is 1. The van der Waals surface area contributed by atoms with Crippen molar-refractivity contribution in [3.63, 3.8) is 0 Å². The van der Waals surface area contributed by atoms with E-state index < -0.39 is 60.0 Å². The molecule has 200 valence electrons. The normalized spacial score (nSPS) is 25.4. The van der Waals surface area contributed by atoms with Gasteiger partial charge in [-0.15, -0.1) is 0 Å². The molecule has 2 aliphatic heterocycles.